The molecule has 0 fully saturated rings. The van der Waals surface area contributed by atoms with E-state index in [0.29, 0.717) is 18.7 Å². The Balaban J connectivity index is 2.53. The number of nitrogens with one attached hydrogen (secondary N) is 2. The molecular weight excluding hydrogens is 284 g/mol. The van der Waals surface area contributed by atoms with Gasteiger partial charge in [0.25, 0.3) is 5.91 Å². The molecule has 0 aliphatic heterocycles. The smallest absolute Gasteiger partial charge is 0.251 e. The monoisotopic (exact) mass is 298 g/mol. The fourth-order valence-corrected chi connectivity index (χ4v) is 1.73. The lowest BCUT2D eigenvalue weighted by Gasteiger charge is -2.08. The number of hydrogen-bond donors (Lipinski definition) is 2. The summed E-state index contributed by atoms with van der Waals surface area (Å²) in [5.41, 5.74) is 1.55. The molecule has 0 radical (unpaired) electrons. The van der Waals surface area contributed by atoms with Gasteiger partial charge in [-0.25, -0.2) is 0 Å². The Morgan fingerprint density at radius 2 is 1.88 bits per heavy atom. The molecule has 2 amide bonds. The van der Waals surface area contributed by atoms with Crippen molar-refractivity contribution >= 4 is 27.7 Å². The van der Waals surface area contributed by atoms with Crippen LogP contribution in [-0.4, -0.2) is 24.9 Å². The fourth-order valence-electron chi connectivity index (χ4n) is 1.36. The van der Waals surface area contributed by atoms with E-state index >= 15 is 0 Å². The van der Waals surface area contributed by atoms with Crippen LogP contribution in [0.4, 0.5) is 0 Å². The van der Waals surface area contributed by atoms with Crippen molar-refractivity contribution in [3.05, 3.63) is 33.8 Å². The predicted molar refractivity (Wildman–Crippen MR) is 69.9 cm³/mol. The molecule has 1 aromatic carbocycles. The quantitative estimate of drug-likeness (QED) is 0.830. The maximum Gasteiger partial charge on any atom is 0.251 e. The van der Waals surface area contributed by atoms with Crippen molar-refractivity contribution in [2.75, 3.05) is 13.1 Å². The van der Waals surface area contributed by atoms with E-state index in [2.05, 4.69) is 26.6 Å². The molecule has 17 heavy (non-hydrogen) atoms. The molecule has 1 rings (SSSR count). The van der Waals surface area contributed by atoms with Gasteiger partial charge in [0, 0.05) is 30.0 Å². The molecule has 0 aliphatic carbocycles. The highest BCUT2D eigenvalue weighted by Crippen LogP contribution is 2.19. The molecule has 0 aromatic heterocycles. The molecule has 0 atom stereocenters. The zero-order valence-corrected chi connectivity index (χ0v) is 11.4. The van der Waals surface area contributed by atoms with Crippen molar-refractivity contribution < 1.29 is 9.59 Å². The molecule has 5 heteroatoms. The average Bonchev–Trinajstić information content (AvgIpc) is 2.27. The first-order valence-electron chi connectivity index (χ1n) is 5.30. The lowest BCUT2D eigenvalue weighted by atomic mass is 10.1. The minimum atomic E-state index is -0.130. The van der Waals surface area contributed by atoms with Crippen LogP contribution in [-0.2, 0) is 4.79 Å². The molecule has 0 saturated carbocycles. The van der Waals surface area contributed by atoms with E-state index in [1.165, 1.54) is 6.92 Å². The van der Waals surface area contributed by atoms with Crippen LogP contribution in [0.3, 0.4) is 0 Å². The van der Waals surface area contributed by atoms with Crippen molar-refractivity contribution in [2.45, 2.75) is 13.8 Å². The van der Waals surface area contributed by atoms with Gasteiger partial charge in [0.1, 0.15) is 0 Å². The van der Waals surface area contributed by atoms with E-state index in [9.17, 15) is 9.59 Å². The summed E-state index contributed by atoms with van der Waals surface area (Å²) in [6, 6.07) is 5.48. The van der Waals surface area contributed by atoms with E-state index < -0.39 is 0 Å². The Hall–Kier alpha value is -1.36. The van der Waals surface area contributed by atoms with Gasteiger partial charge in [-0.15, -0.1) is 0 Å². The van der Waals surface area contributed by atoms with Crippen LogP contribution in [0.15, 0.2) is 22.7 Å². The molecule has 0 aliphatic rings. The molecule has 1 aromatic rings. The Bertz CT molecular complexity index is 433. The van der Waals surface area contributed by atoms with Gasteiger partial charge in [0.2, 0.25) is 5.91 Å². The summed E-state index contributed by atoms with van der Waals surface area (Å²) in [5, 5.41) is 5.36. The maximum absolute atomic E-state index is 11.8. The molecule has 2 N–H and O–H groups in total. The molecule has 0 unspecified atom stereocenters. The van der Waals surface area contributed by atoms with Crippen molar-refractivity contribution in [3.63, 3.8) is 0 Å². The number of halogens is 1. The summed E-state index contributed by atoms with van der Waals surface area (Å²) in [6.45, 7) is 4.19. The normalized spacial score (nSPS) is 9.82. The largest absolute Gasteiger partial charge is 0.355 e. The molecule has 92 valence electrons. The summed E-state index contributed by atoms with van der Waals surface area (Å²) in [4.78, 5) is 22.4. The minimum absolute atomic E-state index is 0.0992. The van der Waals surface area contributed by atoms with Crippen molar-refractivity contribution in [3.8, 4) is 0 Å². The van der Waals surface area contributed by atoms with E-state index in [1.54, 1.807) is 6.07 Å². The first-order valence-corrected chi connectivity index (χ1v) is 6.09. The van der Waals surface area contributed by atoms with Crippen LogP contribution in [0, 0.1) is 6.92 Å². The van der Waals surface area contributed by atoms with Crippen molar-refractivity contribution in [2.24, 2.45) is 0 Å². The Labute approximate surface area is 109 Å². The highest BCUT2D eigenvalue weighted by molar-refractivity contribution is 9.10. The third-order valence-electron chi connectivity index (χ3n) is 2.30. The second kappa shape index (κ2) is 6.39. The number of rotatable bonds is 4. The summed E-state index contributed by atoms with van der Waals surface area (Å²) < 4.78 is 0.909. The Morgan fingerprint density at radius 1 is 1.24 bits per heavy atom. The van der Waals surface area contributed by atoms with Gasteiger partial charge >= 0.3 is 0 Å². The molecule has 0 saturated heterocycles. The number of hydrogen-bond acceptors (Lipinski definition) is 2. The Morgan fingerprint density at radius 3 is 2.53 bits per heavy atom. The number of amides is 2. The number of carbonyl (C=O) groups excluding carboxylic acids is 2. The minimum Gasteiger partial charge on any atom is -0.355 e. The topological polar surface area (TPSA) is 58.2 Å². The van der Waals surface area contributed by atoms with E-state index in [-0.39, 0.29) is 11.8 Å². The SMILES string of the molecule is CC(=O)NCCNC(=O)c1cccc(Br)c1C. The van der Waals surface area contributed by atoms with Gasteiger partial charge in [-0.05, 0) is 24.6 Å². The first-order chi connectivity index (χ1) is 8.02. The maximum atomic E-state index is 11.8. The van der Waals surface area contributed by atoms with Gasteiger partial charge in [-0.3, -0.25) is 9.59 Å². The number of carbonyl (C=O) groups is 2. The number of benzene rings is 1. The van der Waals surface area contributed by atoms with E-state index in [1.807, 2.05) is 19.1 Å². The van der Waals surface area contributed by atoms with Gasteiger partial charge in [0.05, 0.1) is 0 Å². The molecule has 0 heterocycles. The van der Waals surface area contributed by atoms with Crippen LogP contribution in [0.2, 0.25) is 0 Å². The standard InChI is InChI=1S/C12H15BrN2O2/c1-8-10(4-3-5-11(8)13)12(17)15-7-6-14-9(2)16/h3-5H,6-7H2,1-2H3,(H,14,16)(H,15,17). The summed E-state index contributed by atoms with van der Waals surface area (Å²) in [6.07, 6.45) is 0. The van der Waals surface area contributed by atoms with Crippen molar-refractivity contribution in [1.29, 1.82) is 0 Å². The molecule has 0 bridgehead atoms. The Kier molecular flexibility index (Phi) is 5.15. The zero-order valence-electron chi connectivity index (χ0n) is 9.84. The lowest BCUT2D eigenvalue weighted by Crippen LogP contribution is -2.33. The average molecular weight is 299 g/mol. The second-order valence-corrected chi connectivity index (χ2v) is 4.51. The molecule has 4 nitrogen and oxygen atoms in total. The highest BCUT2D eigenvalue weighted by atomic mass is 79.9. The van der Waals surface area contributed by atoms with Gasteiger partial charge in [-0.2, -0.15) is 0 Å². The zero-order chi connectivity index (χ0) is 12.8. The van der Waals surface area contributed by atoms with Gasteiger partial charge < -0.3 is 10.6 Å². The van der Waals surface area contributed by atoms with Crippen LogP contribution in [0.1, 0.15) is 22.8 Å². The highest BCUT2D eigenvalue weighted by Gasteiger charge is 2.09. The third-order valence-corrected chi connectivity index (χ3v) is 3.16. The van der Waals surface area contributed by atoms with E-state index in [0.717, 1.165) is 10.0 Å². The van der Waals surface area contributed by atoms with Crippen LogP contribution in [0.25, 0.3) is 0 Å². The second-order valence-electron chi connectivity index (χ2n) is 3.65. The van der Waals surface area contributed by atoms with Crippen LogP contribution in [0.5, 0.6) is 0 Å². The summed E-state index contributed by atoms with van der Waals surface area (Å²) in [7, 11) is 0. The molecule has 0 spiro atoms. The third kappa shape index (κ3) is 4.19. The fraction of sp³-hybridized carbons (Fsp3) is 0.333. The van der Waals surface area contributed by atoms with Crippen molar-refractivity contribution in [1.82, 2.24) is 10.6 Å². The van der Waals surface area contributed by atoms with Crippen LogP contribution < -0.4 is 10.6 Å². The predicted octanol–water partition coefficient (Wildman–Crippen LogP) is 1.62. The van der Waals surface area contributed by atoms with Crippen LogP contribution >= 0.6 is 15.9 Å². The lowest BCUT2D eigenvalue weighted by molar-refractivity contribution is -0.118. The van der Waals surface area contributed by atoms with Gasteiger partial charge in [0.15, 0.2) is 0 Å². The summed E-state index contributed by atoms with van der Waals surface area (Å²) in [5.74, 6) is -0.230. The van der Waals surface area contributed by atoms with E-state index in [4.69, 9.17) is 0 Å². The first kappa shape index (κ1) is 13.7. The summed E-state index contributed by atoms with van der Waals surface area (Å²) >= 11 is 3.38. The van der Waals surface area contributed by atoms with Gasteiger partial charge in [-0.1, -0.05) is 22.0 Å². The molecular formula is C12H15BrN2O2.